The Kier molecular flexibility index (Phi) is 5.94. The topological polar surface area (TPSA) is 79.8 Å². The van der Waals surface area contributed by atoms with Crippen LogP contribution >= 0.6 is 24.0 Å². The Labute approximate surface area is 173 Å². The number of furan rings is 1. The fourth-order valence-corrected chi connectivity index (χ4v) is 2.95. The molecule has 0 bridgehead atoms. The lowest BCUT2D eigenvalue weighted by Gasteiger charge is -2.10. The smallest absolute Gasteiger partial charge is 0.191 e. The molecule has 140 valence electrons. The Morgan fingerprint density at radius 2 is 1.85 bits per heavy atom. The number of hydrogen-bond acceptors (Lipinski definition) is 4. The lowest BCUT2D eigenvalue weighted by molar-refractivity contribution is 0.534. The zero-order valence-electron chi connectivity index (χ0n) is 15.1. The highest BCUT2D eigenvalue weighted by atomic mass is 127. The van der Waals surface area contributed by atoms with Crippen LogP contribution in [0.4, 0.5) is 0 Å². The monoisotopic (exact) mass is 476 g/mol. The van der Waals surface area contributed by atoms with E-state index < -0.39 is 0 Å². The van der Waals surface area contributed by atoms with E-state index in [1.807, 2.05) is 47.0 Å². The quantitative estimate of drug-likeness (QED) is 0.269. The molecular formula is C19H21IN6O. The van der Waals surface area contributed by atoms with Crippen LogP contribution < -0.4 is 10.6 Å². The number of aryl methyl sites for hydroxylation is 1. The van der Waals surface area contributed by atoms with E-state index in [-0.39, 0.29) is 24.0 Å². The number of fused-ring (bicyclic) bond motifs is 2. The molecule has 7 nitrogen and oxygen atoms in total. The van der Waals surface area contributed by atoms with Gasteiger partial charge in [-0.05, 0) is 25.1 Å². The Morgan fingerprint density at radius 1 is 1.07 bits per heavy atom. The number of para-hydroxylation sites is 1. The van der Waals surface area contributed by atoms with E-state index in [0.29, 0.717) is 19.0 Å². The van der Waals surface area contributed by atoms with Crippen LogP contribution in [0.3, 0.4) is 0 Å². The molecule has 0 saturated carbocycles. The first kappa shape index (κ1) is 19.2. The SMILES string of the molecule is CN=C(NCc1oc2ccccc2c1C)NCc1nnc2ccccn12.I. The second-order valence-corrected chi connectivity index (χ2v) is 5.97. The van der Waals surface area contributed by atoms with Crippen molar-refractivity contribution in [3.05, 3.63) is 65.8 Å². The Hall–Kier alpha value is -2.62. The lowest BCUT2D eigenvalue weighted by Crippen LogP contribution is -2.36. The molecular weight excluding hydrogens is 455 g/mol. The van der Waals surface area contributed by atoms with Crippen molar-refractivity contribution in [1.29, 1.82) is 0 Å². The minimum Gasteiger partial charge on any atom is -0.459 e. The number of halogens is 1. The van der Waals surface area contributed by atoms with Crippen LogP contribution in [0.5, 0.6) is 0 Å². The van der Waals surface area contributed by atoms with Crippen molar-refractivity contribution in [2.45, 2.75) is 20.0 Å². The number of nitrogens with zero attached hydrogens (tertiary/aromatic N) is 4. The molecule has 0 aliphatic heterocycles. The van der Waals surface area contributed by atoms with Crippen LogP contribution in [0.25, 0.3) is 16.6 Å². The number of aromatic nitrogens is 3. The number of hydrogen-bond donors (Lipinski definition) is 2. The number of aliphatic imine (C=N–C) groups is 1. The highest BCUT2D eigenvalue weighted by molar-refractivity contribution is 14.0. The minimum atomic E-state index is 0. The minimum absolute atomic E-state index is 0. The van der Waals surface area contributed by atoms with Crippen molar-refractivity contribution in [2.75, 3.05) is 7.05 Å². The van der Waals surface area contributed by atoms with Gasteiger partial charge in [-0.2, -0.15) is 0 Å². The summed E-state index contributed by atoms with van der Waals surface area (Å²) in [7, 11) is 1.74. The normalized spacial score (nSPS) is 11.6. The lowest BCUT2D eigenvalue weighted by atomic mass is 10.1. The number of rotatable bonds is 4. The summed E-state index contributed by atoms with van der Waals surface area (Å²) in [5.74, 6) is 2.41. The summed E-state index contributed by atoms with van der Waals surface area (Å²) >= 11 is 0. The molecule has 0 aliphatic rings. The molecule has 0 atom stereocenters. The van der Waals surface area contributed by atoms with Gasteiger partial charge in [0.15, 0.2) is 17.4 Å². The van der Waals surface area contributed by atoms with E-state index in [1.54, 1.807) is 7.05 Å². The Bertz CT molecular complexity index is 1080. The van der Waals surface area contributed by atoms with Crippen molar-refractivity contribution < 1.29 is 4.42 Å². The van der Waals surface area contributed by atoms with Gasteiger partial charge in [0.05, 0.1) is 13.1 Å². The highest BCUT2D eigenvalue weighted by Gasteiger charge is 2.11. The van der Waals surface area contributed by atoms with Gasteiger partial charge in [0, 0.05) is 24.2 Å². The van der Waals surface area contributed by atoms with E-state index in [1.165, 1.54) is 0 Å². The zero-order chi connectivity index (χ0) is 17.9. The average molecular weight is 476 g/mol. The second kappa shape index (κ2) is 8.38. The molecule has 3 aromatic heterocycles. The van der Waals surface area contributed by atoms with Crippen molar-refractivity contribution in [1.82, 2.24) is 25.2 Å². The first-order valence-corrected chi connectivity index (χ1v) is 8.46. The van der Waals surface area contributed by atoms with Gasteiger partial charge in [0.2, 0.25) is 0 Å². The molecule has 4 rings (SSSR count). The van der Waals surface area contributed by atoms with Crippen LogP contribution in [-0.4, -0.2) is 27.6 Å². The Balaban J connectivity index is 0.00000210. The van der Waals surface area contributed by atoms with Crippen LogP contribution in [0, 0.1) is 6.92 Å². The largest absolute Gasteiger partial charge is 0.459 e. The molecule has 8 heteroatoms. The maximum Gasteiger partial charge on any atom is 0.191 e. The van der Waals surface area contributed by atoms with E-state index in [4.69, 9.17) is 4.42 Å². The molecule has 3 heterocycles. The summed E-state index contributed by atoms with van der Waals surface area (Å²) < 4.78 is 7.88. The first-order chi connectivity index (χ1) is 12.8. The summed E-state index contributed by atoms with van der Waals surface area (Å²) in [6, 6.07) is 13.9. The van der Waals surface area contributed by atoms with Crippen LogP contribution in [0.1, 0.15) is 17.1 Å². The third kappa shape index (κ3) is 3.90. The molecule has 0 radical (unpaired) electrons. The summed E-state index contributed by atoms with van der Waals surface area (Å²) in [5.41, 5.74) is 2.87. The van der Waals surface area contributed by atoms with E-state index in [0.717, 1.165) is 33.8 Å². The van der Waals surface area contributed by atoms with Gasteiger partial charge in [-0.3, -0.25) is 9.39 Å². The van der Waals surface area contributed by atoms with Crippen molar-refractivity contribution in [3.8, 4) is 0 Å². The standard InChI is InChI=1S/C19H20N6O.HI/c1-13-14-7-3-4-8-15(14)26-16(13)11-21-19(20-2)22-12-18-24-23-17-9-5-6-10-25(17)18;/h3-10H,11-12H2,1-2H3,(H2,20,21,22);1H. The fraction of sp³-hybridized carbons (Fsp3) is 0.211. The summed E-state index contributed by atoms with van der Waals surface area (Å²) in [6.07, 6.45) is 1.94. The van der Waals surface area contributed by atoms with Crippen molar-refractivity contribution in [3.63, 3.8) is 0 Å². The number of nitrogens with one attached hydrogen (secondary N) is 2. The number of guanidine groups is 1. The maximum atomic E-state index is 5.93. The molecule has 1 aromatic carbocycles. The second-order valence-electron chi connectivity index (χ2n) is 5.97. The van der Waals surface area contributed by atoms with E-state index in [9.17, 15) is 0 Å². The molecule has 0 aliphatic carbocycles. The average Bonchev–Trinajstić information content (AvgIpc) is 3.24. The molecule has 0 saturated heterocycles. The van der Waals surface area contributed by atoms with Gasteiger partial charge >= 0.3 is 0 Å². The van der Waals surface area contributed by atoms with Crippen LogP contribution in [0.2, 0.25) is 0 Å². The van der Waals surface area contributed by atoms with Gasteiger partial charge in [-0.1, -0.05) is 24.3 Å². The van der Waals surface area contributed by atoms with Gasteiger partial charge in [-0.25, -0.2) is 0 Å². The van der Waals surface area contributed by atoms with Crippen LogP contribution in [-0.2, 0) is 13.1 Å². The summed E-state index contributed by atoms with van der Waals surface area (Å²) in [5, 5.41) is 16.0. The Morgan fingerprint density at radius 3 is 2.67 bits per heavy atom. The van der Waals surface area contributed by atoms with Gasteiger partial charge in [0.25, 0.3) is 0 Å². The highest BCUT2D eigenvalue weighted by Crippen LogP contribution is 2.24. The molecule has 4 aromatic rings. The molecule has 0 unspecified atom stereocenters. The zero-order valence-corrected chi connectivity index (χ0v) is 17.5. The first-order valence-electron chi connectivity index (χ1n) is 8.46. The third-order valence-corrected chi connectivity index (χ3v) is 4.38. The van der Waals surface area contributed by atoms with Crippen LogP contribution in [0.15, 0.2) is 58.1 Å². The van der Waals surface area contributed by atoms with Gasteiger partial charge in [-0.15, -0.1) is 34.2 Å². The predicted octanol–water partition coefficient (Wildman–Crippen LogP) is 3.27. The summed E-state index contributed by atoms with van der Waals surface area (Å²) in [4.78, 5) is 4.26. The summed E-state index contributed by atoms with van der Waals surface area (Å²) in [6.45, 7) is 3.14. The number of pyridine rings is 1. The molecule has 2 N–H and O–H groups in total. The van der Waals surface area contributed by atoms with E-state index in [2.05, 4.69) is 38.8 Å². The fourth-order valence-electron chi connectivity index (χ4n) is 2.95. The molecule has 0 spiro atoms. The van der Waals surface area contributed by atoms with E-state index >= 15 is 0 Å². The van der Waals surface area contributed by atoms with Crippen molar-refractivity contribution in [2.24, 2.45) is 4.99 Å². The van der Waals surface area contributed by atoms with Gasteiger partial charge < -0.3 is 15.1 Å². The van der Waals surface area contributed by atoms with Gasteiger partial charge in [0.1, 0.15) is 11.3 Å². The molecule has 27 heavy (non-hydrogen) atoms. The van der Waals surface area contributed by atoms with Crippen molar-refractivity contribution >= 4 is 46.6 Å². The maximum absolute atomic E-state index is 5.93. The molecule has 0 amide bonds. The molecule has 0 fully saturated rings. The third-order valence-electron chi connectivity index (χ3n) is 4.38. The number of benzene rings is 1. The predicted molar refractivity (Wildman–Crippen MR) is 116 cm³/mol.